The van der Waals surface area contributed by atoms with Gasteiger partial charge in [0.05, 0.1) is 12.6 Å². The lowest BCUT2D eigenvalue weighted by Crippen LogP contribution is -2.57. The van der Waals surface area contributed by atoms with Crippen molar-refractivity contribution < 1.29 is 23.9 Å². The Morgan fingerprint density at radius 1 is 1.05 bits per heavy atom. The number of carbonyl (C=O) groups excluding carboxylic acids is 4. The average molecular weight is 539 g/mol. The first-order valence-corrected chi connectivity index (χ1v) is 14.2. The molecule has 1 aliphatic heterocycles. The van der Waals surface area contributed by atoms with Crippen LogP contribution in [0.2, 0.25) is 0 Å². The van der Waals surface area contributed by atoms with Crippen molar-refractivity contribution in [3.8, 4) is 0 Å². The lowest BCUT2D eigenvalue weighted by atomic mass is 9.79. The number of alkyl carbamates (subject to hydrolysis) is 1. The molecule has 3 unspecified atom stereocenters. The van der Waals surface area contributed by atoms with Gasteiger partial charge in [0.25, 0.3) is 0 Å². The number of fused-ring (bicyclic) bond motifs is 1. The van der Waals surface area contributed by atoms with Gasteiger partial charge in [-0.05, 0) is 61.0 Å². The normalized spacial score (nSPS) is 20.6. The molecule has 212 valence electrons. The highest BCUT2D eigenvalue weighted by Gasteiger charge is 2.43. The van der Waals surface area contributed by atoms with Crippen LogP contribution in [0.25, 0.3) is 0 Å². The van der Waals surface area contributed by atoms with Crippen LogP contribution in [-0.4, -0.2) is 60.0 Å². The number of amides is 4. The number of likely N-dealkylation sites (tertiary alicyclic amines) is 1. The number of hydrogen-bond acceptors (Lipinski definition) is 5. The van der Waals surface area contributed by atoms with Crippen molar-refractivity contribution in [3.63, 3.8) is 0 Å². The van der Waals surface area contributed by atoms with Crippen molar-refractivity contribution in [2.24, 2.45) is 23.5 Å². The summed E-state index contributed by atoms with van der Waals surface area (Å²) in [5.74, 6) is -0.798. The Bertz CT molecular complexity index is 1070. The molecule has 0 aromatic heterocycles. The van der Waals surface area contributed by atoms with Gasteiger partial charge in [0.15, 0.2) is 0 Å². The van der Waals surface area contributed by atoms with E-state index in [1.165, 1.54) is 0 Å². The topological polar surface area (TPSA) is 131 Å². The van der Waals surface area contributed by atoms with Gasteiger partial charge in [0.2, 0.25) is 17.7 Å². The summed E-state index contributed by atoms with van der Waals surface area (Å²) in [4.78, 5) is 53.7. The van der Waals surface area contributed by atoms with Crippen LogP contribution >= 0.6 is 0 Å². The largest absolute Gasteiger partial charge is 0.449 e. The van der Waals surface area contributed by atoms with Crippen LogP contribution in [0.5, 0.6) is 0 Å². The highest BCUT2D eigenvalue weighted by molar-refractivity contribution is 5.95. The highest BCUT2D eigenvalue weighted by atomic mass is 16.5. The van der Waals surface area contributed by atoms with Gasteiger partial charge in [-0.15, -0.1) is 0 Å². The van der Waals surface area contributed by atoms with E-state index in [2.05, 4.69) is 17.2 Å². The molecule has 1 aromatic carbocycles. The van der Waals surface area contributed by atoms with Crippen LogP contribution in [0.4, 0.5) is 4.79 Å². The zero-order chi connectivity index (χ0) is 28.1. The van der Waals surface area contributed by atoms with Crippen molar-refractivity contribution >= 4 is 23.8 Å². The fraction of sp³-hybridized carbons (Fsp3) is 0.600. The van der Waals surface area contributed by atoms with Crippen LogP contribution < -0.4 is 16.4 Å². The first kappa shape index (κ1) is 28.6. The zero-order valence-corrected chi connectivity index (χ0v) is 23.1. The van der Waals surface area contributed by atoms with E-state index in [0.717, 1.165) is 30.4 Å². The molecule has 4 rings (SSSR count). The van der Waals surface area contributed by atoms with Gasteiger partial charge in [0.1, 0.15) is 12.1 Å². The molecule has 9 nitrogen and oxygen atoms in total. The first-order valence-electron chi connectivity index (χ1n) is 14.2. The van der Waals surface area contributed by atoms with Gasteiger partial charge in [-0.3, -0.25) is 14.4 Å². The van der Waals surface area contributed by atoms with Gasteiger partial charge in [-0.25, -0.2) is 4.79 Å². The molecular weight excluding hydrogens is 496 g/mol. The van der Waals surface area contributed by atoms with Crippen molar-refractivity contribution in [2.75, 3.05) is 13.2 Å². The molecule has 1 saturated heterocycles. The predicted octanol–water partition coefficient (Wildman–Crippen LogP) is 2.86. The lowest BCUT2D eigenvalue weighted by Gasteiger charge is -2.34. The van der Waals surface area contributed by atoms with Gasteiger partial charge >= 0.3 is 6.09 Å². The molecule has 3 atom stereocenters. The summed E-state index contributed by atoms with van der Waals surface area (Å²) in [6.07, 6.45) is 5.71. The summed E-state index contributed by atoms with van der Waals surface area (Å²) in [5.41, 5.74) is 8.02. The van der Waals surface area contributed by atoms with E-state index in [9.17, 15) is 19.2 Å². The lowest BCUT2D eigenvalue weighted by molar-refractivity contribution is -0.141. The van der Waals surface area contributed by atoms with E-state index >= 15 is 0 Å². The maximum absolute atomic E-state index is 14.0. The third-order valence-electron chi connectivity index (χ3n) is 8.33. The van der Waals surface area contributed by atoms with Gasteiger partial charge < -0.3 is 26.0 Å². The molecule has 39 heavy (non-hydrogen) atoms. The van der Waals surface area contributed by atoms with Crippen LogP contribution in [0.3, 0.4) is 0 Å². The molecule has 0 radical (unpaired) electrons. The smallest absolute Gasteiger partial charge is 0.407 e. The Kier molecular flexibility index (Phi) is 9.30. The van der Waals surface area contributed by atoms with E-state index in [-0.39, 0.29) is 35.8 Å². The Morgan fingerprint density at radius 2 is 1.72 bits per heavy atom. The molecule has 2 fully saturated rings. The van der Waals surface area contributed by atoms with E-state index in [4.69, 9.17) is 10.5 Å². The second-order valence-corrected chi connectivity index (χ2v) is 11.7. The summed E-state index contributed by atoms with van der Waals surface area (Å²) in [7, 11) is 0. The number of ether oxygens (including phenoxy) is 1. The van der Waals surface area contributed by atoms with Crippen LogP contribution in [-0.2, 0) is 32.0 Å². The summed E-state index contributed by atoms with van der Waals surface area (Å²) in [6.45, 7) is 8.39. The molecule has 1 aromatic rings. The Labute approximate surface area is 230 Å². The molecule has 4 N–H and O–H groups in total. The molecule has 0 bridgehead atoms. The Balaban J connectivity index is 1.49. The molecule has 3 aliphatic rings. The van der Waals surface area contributed by atoms with Crippen LogP contribution in [0.1, 0.15) is 63.5 Å². The molecule has 1 heterocycles. The summed E-state index contributed by atoms with van der Waals surface area (Å²) in [6, 6.07) is 5.98. The number of primary amides is 1. The molecule has 2 aliphatic carbocycles. The standard InChI is InChI=1S/C30H42N4O5/c1-18(2)17-39-30(38)33-26(23-15-21-10-4-5-11-22(21)16-23)29(37)34-13-7-12-25(34)28(36)32-24(19(3)27(31)35)14-20-8-6-9-20/h4-5,10-11,18,20,23-26H,3,6-9,12-17H2,1-2H3,(H2,31,35)(H,32,36)(H,33,38). The minimum atomic E-state index is -0.822. The van der Waals surface area contributed by atoms with Crippen molar-refractivity contribution in [1.29, 1.82) is 0 Å². The van der Waals surface area contributed by atoms with Crippen LogP contribution in [0.15, 0.2) is 36.4 Å². The van der Waals surface area contributed by atoms with E-state index in [1.807, 2.05) is 38.1 Å². The molecule has 0 spiro atoms. The summed E-state index contributed by atoms with van der Waals surface area (Å²) >= 11 is 0. The number of carbonyl (C=O) groups is 4. The molecule has 4 amide bonds. The van der Waals surface area contributed by atoms with Crippen LogP contribution in [0, 0.1) is 17.8 Å². The number of rotatable bonds is 11. The summed E-state index contributed by atoms with van der Waals surface area (Å²) in [5, 5.41) is 5.82. The fourth-order valence-corrected chi connectivity index (χ4v) is 5.89. The Morgan fingerprint density at radius 3 is 2.28 bits per heavy atom. The Hall–Kier alpha value is -3.36. The number of benzene rings is 1. The minimum Gasteiger partial charge on any atom is -0.449 e. The highest BCUT2D eigenvalue weighted by Crippen LogP contribution is 2.33. The third kappa shape index (κ3) is 6.99. The molecule has 1 saturated carbocycles. The maximum atomic E-state index is 14.0. The second-order valence-electron chi connectivity index (χ2n) is 11.7. The van der Waals surface area contributed by atoms with Gasteiger partial charge in [0, 0.05) is 12.1 Å². The first-order chi connectivity index (χ1) is 18.6. The van der Waals surface area contributed by atoms with Crippen molar-refractivity contribution in [1.82, 2.24) is 15.5 Å². The number of nitrogens with one attached hydrogen (secondary N) is 2. The van der Waals surface area contributed by atoms with Crippen molar-refractivity contribution in [2.45, 2.75) is 83.3 Å². The second kappa shape index (κ2) is 12.7. The number of nitrogens with zero attached hydrogens (tertiary/aromatic N) is 1. The number of nitrogens with two attached hydrogens (primary N) is 1. The molecular formula is C30H42N4O5. The van der Waals surface area contributed by atoms with Gasteiger partial charge in [-0.2, -0.15) is 0 Å². The predicted molar refractivity (Wildman–Crippen MR) is 147 cm³/mol. The van der Waals surface area contributed by atoms with E-state index in [0.29, 0.717) is 44.6 Å². The van der Waals surface area contributed by atoms with Crippen molar-refractivity contribution in [3.05, 3.63) is 47.5 Å². The SMILES string of the molecule is C=C(C(N)=O)C(CC1CCC1)NC(=O)C1CCCN1C(=O)C(NC(=O)OCC(C)C)C1Cc2ccccc2C1. The minimum absolute atomic E-state index is 0.146. The van der Waals surface area contributed by atoms with E-state index < -0.39 is 30.1 Å². The average Bonchev–Trinajstić information content (AvgIpc) is 3.53. The summed E-state index contributed by atoms with van der Waals surface area (Å²) < 4.78 is 5.36. The number of hydrogen-bond donors (Lipinski definition) is 3. The quantitative estimate of drug-likeness (QED) is 0.373. The zero-order valence-electron chi connectivity index (χ0n) is 23.1. The van der Waals surface area contributed by atoms with Gasteiger partial charge in [-0.1, -0.05) is 64.0 Å². The monoisotopic (exact) mass is 538 g/mol. The molecule has 9 heteroatoms. The maximum Gasteiger partial charge on any atom is 0.407 e. The third-order valence-corrected chi connectivity index (χ3v) is 8.33. The fourth-order valence-electron chi connectivity index (χ4n) is 5.89. The van der Waals surface area contributed by atoms with E-state index in [1.54, 1.807) is 4.90 Å².